The number of para-hydroxylation sites is 1. The molecule has 2 N–H and O–H groups in total. The summed E-state index contributed by atoms with van der Waals surface area (Å²) < 4.78 is 0. The molecule has 4 heteroatoms. The van der Waals surface area contributed by atoms with Gasteiger partial charge in [0.05, 0.1) is 5.56 Å². The second-order valence-electron chi connectivity index (χ2n) is 3.54. The predicted molar refractivity (Wildman–Crippen MR) is 62.2 cm³/mol. The van der Waals surface area contributed by atoms with E-state index >= 15 is 0 Å². The SMILES string of the molecule is O=c1[nH]c2ccccc2cc1-c1ncc[nH]1. The Morgan fingerprint density at radius 1 is 1.19 bits per heavy atom. The van der Waals surface area contributed by atoms with Crippen molar-refractivity contribution < 1.29 is 0 Å². The molecule has 4 nitrogen and oxygen atoms in total. The van der Waals surface area contributed by atoms with Gasteiger partial charge in [-0.3, -0.25) is 4.79 Å². The van der Waals surface area contributed by atoms with E-state index in [1.165, 1.54) is 0 Å². The number of nitrogens with one attached hydrogen (secondary N) is 2. The minimum atomic E-state index is -0.131. The monoisotopic (exact) mass is 211 g/mol. The lowest BCUT2D eigenvalue weighted by Gasteiger charge is -2.00. The second kappa shape index (κ2) is 3.34. The van der Waals surface area contributed by atoms with Gasteiger partial charge in [0.2, 0.25) is 0 Å². The zero-order valence-corrected chi connectivity index (χ0v) is 8.40. The highest BCUT2D eigenvalue weighted by molar-refractivity contribution is 5.82. The number of rotatable bonds is 1. The lowest BCUT2D eigenvalue weighted by Crippen LogP contribution is -2.09. The van der Waals surface area contributed by atoms with Gasteiger partial charge in [0.1, 0.15) is 5.82 Å². The first-order chi connectivity index (χ1) is 7.84. The van der Waals surface area contributed by atoms with Gasteiger partial charge >= 0.3 is 0 Å². The summed E-state index contributed by atoms with van der Waals surface area (Å²) in [5, 5.41) is 0.994. The van der Waals surface area contributed by atoms with Gasteiger partial charge in [0.25, 0.3) is 5.56 Å². The lowest BCUT2D eigenvalue weighted by atomic mass is 10.1. The fraction of sp³-hybridized carbons (Fsp3) is 0. The van der Waals surface area contributed by atoms with Crippen molar-refractivity contribution in [3.63, 3.8) is 0 Å². The average molecular weight is 211 g/mol. The summed E-state index contributed by atoms with van der Waals surface area (Å²) in [5.41, 5.74) is 1.26. The third-order valence-electron chi connectivity index (χ3n) is 2.51. The first kappa shape index (κ1) is 8.91. The van der Waals surface area contributed by atoms with Crippen LogP contribution in [0.5, 0.6) is 0 Å². The van der Waals surface area contributed by atoms with E-state index in [9.17, 15) is 4.79 Å². The zero-order chi connectivity index (χ0) is 11.0. The molecule has 0 aliphatic heterocycles. The topological polar surface area (TPSA) is 61.5 Å². The minimum absolute atomic E-state index is 0.131. The number of aromatic amines is 2. The molecule has 0 atom stereocenters. The zero-order valence-electron chi connectivity index (χ0n) is 8.40. The van der Waals surface area contributed by atoms with Crippen molar-refractivity contribution in [2.75, 3.05) is 0 Å². The van der Waals surface area contributed by atoms with Crippen LogP contribution >= 0.6 is 0 Å². The minimum Gasteiger partial charge on any atom is -0.344 e. The molecule has 0 bridgehead atoms. The van der Waals surface area contributed by atoms with Gasteiger partial charge < -0.3 is 9.97 Å². The molecule has 0 aliphatic rings. The molecule has 0 unspecified atom stereocenters. The average Bonchev–Trinajstić information content (AvgIpc) is 2.81. The third-order valence-corrected chi connectivity index (χ3v) is 2.51. The van der Waals surface area contributed by atoms with Gasteiger partial charge in [-0.15, -0.1) is 0 Å². The quantitative estimate of drug-likeness (QED) is 0.646. The van der Waals surface area contributed by atoms with E-state index in [4.69, 9.17) is 0 Å². The van der Waals surface area contributed by atoms with Crippen LogP contribution in [0.25, 0.3) is 22.3 Å². The van der Waals surface area contributed by atoms with Gasteiger partial charge in [-0.25, -0.2) is 4.98 Å². The molecule has 3 rings (SSSR count). The number of pyridine rings is 1. The van der Waals surface area contributed by atoms with Crippen molar-refractivity contribution in [2.45, 2.75) is 0 Å². The Morgan fingerprint density at radius 2 is 2.06 bits per heavy atom. The summed E-state index contributed by atoms with van der Waals surface area (Å²) >= 11 is 0. The highest BCUT2D eigenvalue weighted by Gasteiger charge is 2.06. The summed E-state index contributed by atoms with van der Waals surface area (Å²) in [6.07, 6.45) is 3.33. The summed E-state index contributed by atoms with van der Waals surface area (Å²) in [6, 6.07) is 9.50. The van der Waals surface area contributed by atoms with Crippen molar-refractivity contribution in [3.8, 4) is 11.4 Å². The van der Waals surface area contributed by atoms with E-state index in [0.717, 1.165) is 10.9 Å². The number of hydrogen-bond donors (Lipinski definition) is 2. The number of hydrogen-bond acceptors (Lipinski definition) is 2. The maximum atomic E-state index is 11.8. The molecule has 0 fully saturated rings. The van der Waals surface area contributed by atoms with Gasteiger partial charge in [0.15, 0.2) is 0 Å². The van der Waals surface area contributed by atoms with E-state index in [-0.39, 0.29) is 5.56 Å². The highest BCUT2D eigenvalue weighted by atomic mass is 16.1. The molecular weight excluding hydrogens is 202 g/mol. The van der Waals surface area contributed by atoms with Crippen LogP contribution in [-0.4, -0.2) is 15.0 Å². The summed E-state index contributed by atoms with van der Waals surface area (Å²) in [6.45, 7) is 0. The molecule has 0 amide bonds. The van der Waals surface area contributed by atoms with Crippen molar-refractivity contribution >= 4 is 10.9 Å². The van der Waals surface area contributed by atoms with Crippen molar-refractivity contribution in [1.82, 2.24) is 15.0 Å². The first-order valence-corrected chi connectivity index (χ1v) is 4.96. The van der Waals surface area contributed by atoms with Gasteiger partial charge in [-0.1, -0.05) is 18.2 Å². The molecule has 2 heterocycles. The first-order valence-electron chi connectivity index (χ1n) is 4.96. The molecule has 16 heavy (non-hydrogen) atoms. The molecular formula is C12H9N3O. The fourth-order valence-electron chi connectivity index (χ4n) is 1.74. The molecule has 78 valence electrons. The standard InChI is InChI=1S/C12H9N3O/c16-12-9(11-13-5-6-14-11)7-8-3-1-2-4-10(8)15-12/h1-7H,(H,13,14)(H,15,16). The van der Waals surface area contributed by atoms with Crippen LogP contribution in [-0.2, 0) is 0 Å². The number of nitrogens with zero attached hydrogens (tertiary/aromatic N) is 1. The lowest BCUT2D eigenvalue weighted by molar-refractivity contribution is 1.24. The Morgan fingerprint density at radius 3 is 2.88 bits per heavy atom. The van der Waals surface area contributed by atoms with Crippen LogP contribution in [0.3, 0.4) is 0 Å². The van der Waals surface area contributed by atoms with Gasteiger partial charge in [0, 0.05) is 17.9 Å². The Hall–Kier alpha value is -2.36. The highest BCUT2D eigenvalue weighted by Crippen LogP contribution is 2.15. The van der Waals surface area contributed by atoms with Crippen LogP contribution < -0.4 is 5.56 Å². The second-order valence-corrected chi connectivity index (χ2v) is 3.54. The van der Waals surface area contributed by atoms with Crippen LogP contribution in [0.2, 0.25) is 0 Å². The van der Waals surface area contributed by atoms with E-state index in [1.807, 2.05) is 30.3 Å². The number of imidazole rings is 1. The Kier molecular flexibility index (Phi) is 1.86. The van der Waals surface area contributed by atoms with Crippen molar-refractivity contribution in [3.05, 3.63) is 53.1 Å². The molecule has 2 aromatic heterocycles. The van der Waals surface area contributed by atoms with E-state index in [0.29, 0.717) is 11.4 Å². The maximum Gasteiger partial charge on any atom is 0.259 e. The normalized spacial score (nSPS) is 10.8. The Balaban J connectivity index is 2.34. The number of benzene rings is 1. The largest absolute Gasteiger partial charge is 0.344 e. The predicted octanol–water partition coefficient (Wildman–Crippen LogP) is 1.92. The third kappa shape index (κ3) is 1.32. The van der Waals surface area contributed by atoms with Gasteiger partial charge in [-0.05, 0) is 17.5 Å². The number of fused-ring (bicyclic) bond motifs is 1. The molecule has 0 radical (unpaired) electrons. The molecule has 0 aliphatic carbocycles. The van der Waals surface area contributed by atoms with Crippen LogP contribution in [0.15, 0.2) is 47.5 Å². The van der Waals surface area contributed by atoms with Crippen LogP contribution in [0.4, 0.5) is 0 Å². The number of H-pyrrole nitrogens is 2. The van der Waals surface area contributed by atoms with E-state index in [2.05, 4.69) is 15.0 Å². The summed E-state index contributed by atoms with van der Waals surface area (Å²) in [5.74, 6) is 0.590. The maximum absolute atomic E-state index is 11.8. The molecule has 0 saturated carbocycles. The Labute approximate surface area is 91.0 Å². The van der Waals surface area contributed by atoms with Crippen LogP contribution in [0, 0.1) is 0 Å². The smallest absolute Gasteiger partial charge is 0.259 e. The van der Waals surface area contributed by atoms with E-state index < -0.39 is 0 Å². The summed E-state index contributed by atoms with van der Waals surface area (Å²) in [4.78, 5) is 21.7. The van der Waals surface area contributed by atoms with Gasteiger partial charge in [-0.2, -0.15) is 0 Å². The molecule has 0 saturated heterocycles. The van der Waals surface area contributed by atoms with Crippen LogP contribution in [0.1, 0.15) is 0 Å². The number of aromatic nitrogens is 3. The van der Waals surface area contributed by atoms with Crippen molar-refractivity contribution in [1.29, 1.82) is 0 Å². The van der Waals surface area contributed by atoms with Crippen molar-refractivity contribution in [2.24, 2.45) is 0 Å². The fourth-order valence-corrected chi connectivity index (χ4v) is 1.74. The molecule has 0 spiro atoms. The van der Waals surface area contributed by atoms with E-state index in [1.54, 1.807) is 12.4 Å². The summed E-state index contributed by atoms with van der Waals surface area (Å²) in [7, 11) is 0. The molecule has 1 aromatic carbocycles. The molecule has 3 aromatic rings. The Bertz CT molecular complexity index is 683.